The van der Waals surface area contributed by atoms with Gasteiger partial charge in [0.2, 0.25) is 5.91 Å². The number of amides is 1. The molecule has 1 fully saturated rings. The van der Waals surface area contributed by atoms with E-state index in [2.05, 4.69) is 0 Å². The van der Waals surface area contributed by atoms with Crippen molar-refractivity contribution in [1.82, 2.24) is 9.91 Å². The Hall–Kier alpha value is -2.21. The largest absolute Gasteiger partial charge is 0.508 e. The number of rotatable bonds is 2. The lowest BCUT2D eigenvalue weighted by atomic mass is 10.0. The molecule has 1 heterocycles. The normalized spacial score (nSPS) is 22.2. The van der Waals surface area contributed by atoms with Crippen molar-refractivity contribution in [1.29, 1.82) is 0 Å². The monoisotopic (exact) mass is 276 g/mol. The highest BCUT2D eigenvalue weighted by Crippen LogP contribution is 2.20. The average molecular weight is 276 g/mol. The number of likely N-dealkylation sites (N-methyl/N-ethyl adjacent to an activating group) is 1. The van der Waals surface area contributed by atoms with Crippen molar-refractivity contribution in [2.24, 2.45) is 11.6 Å². The molecule has 2 rings (SSSR count). The van der Waals surface area contributed by atoms with Crippen LogP contribution in [0.5, 0.6) is 5.75 Å². The summed E-state index contributed by atoms with van der Waals surface area (Å²) in [6, 6.07) is 6.76. The number of aromatic hydroxyl groups is 1. The number of phenolic OH excluding ortho intramolecular Hbond substituents is 1. The SMILES string of the molecule is CN1C/C(=C/N)N(N)[C@@H](Cc2ccc(O)cc2)CC1=O. The number of hydrogen-bond donors (Lipinski definition) is 3. The summed E-state index contributed by atoms with van der Waals surface area (Å²) in [7, 11) is 1.74. The molecule has 6 heteroatoms. The highest BCUT2D eigenvalue weighted by atomic mass is 16.3. The molecule has 1 atom stereocenters. The van der Waals surface area contributed by atoms with Gasteiger partial charge >= 0.3 is 0 Å². The minimum atomic E-state index is -0.146. The van der Waals surface area contributed by atoms with E-state index >= 15 is 0 Å². The number of benzene rings is 1. The second-order valence-corrected chi connectivity index (χ2v) is 5.04. The fourth-order valence-electron chi connectivity index (χ4n) is 2.32. The van der Waals surface area contributed by atoms with Crippen LogP contribution >= 0.6 is 0 Å². The summed E-state index contributed by atoms with van der Waals surface area (Å²) in [5, 5.41) is 10.9. The fraction of sp³-hybridized carbons (Fsp3) is 0.357. The van der Waals surface area contributed by atoms with Crippen molar-refractivity contribution >= 4 is 5.91 Å². The topological polar surface area (TPSA) is 95.8 Å². The zero-order valence-electron chi connectivity index (χ0n) is 11.5. The third-order valence-corrected chi connectivity index (χ3v) is 3.56. The predicted molar refractivity (Wildman–Crippen MR) is 76.1 cm³/mol. The summed E-state index contributed by atoms with van der Waals surface area (Å²) in [6.45, 7) is 0.415. The predicted octanol–water partition coefficient (Wildman–Crippen LogP) is 0.141. The first-order valence-electron chi connectivity index (χ1n) is 6.48. The van der Waals surface area contributed by atoms with E-state index < -0.39 is 0 Å². The van der Waals surface area contributed by atoms with Crippen LogP contribution in [0.4, 0.5) is 0 Å². The van der Waals surface area contributed by atoms with Gasteiger partial charge in [0.25, 0.3) is 0 Å². The Morgan fingerprint density at radius 1 is 1.40 bits per heavy atom. The number of nitrogens with zero attached hydrogens (tertiary/aromatic N) is 2. The van der Waals surface area contributed by atoms with Crippen LogP contribution in [-0.2, 0) is 11.2 Å². The van der Waals surface area contributed by atoms with Crippen molar-refractivity contribution in [3.8, 4) is 5.75 Å². The molecule has 20 heavy (non-hydrogen) atoms. The summed E-state index contributed by atoms with van der Waals surface area (Å²) >= 11 is 0. The number of phenols is 1. The van der Waals surface area contributed by atoms with Crippen LogP contribution in [0.2, 0.25) is 0 Å². The minimum absolute atomic E-state index is 0.0427. The molecule has 0 aliphatic carbocycles. The Morgan fingerprint density at radius 2 is 2.05 bits per heavy atom. The van der Waals surface area contributed by atoms with Crippen LogP contribution in [-0.4, -0.2) is 40.6 Å². The molecule has 0 aromatic heterocycles. The Balaban J connectivity index is 2.19. The zero-order chi connectivity index (χ0) is 14.7. The minimum Gasteiger partial charge on any atom is -0.508 e. The second-order valence-electron chi connectivity index (χ2n) is 5.04. The standard InChI is InChI=1S/C14H20N4O2/c1-17-9-12(8-15)18(16)11(7-14(17)20)6-10-2-4-13(19)5-3-10/h2-5,8,11,19H,6-7,9,15-16H2,1H3/b12-8-/t11-/m0/s1. The molecule has 0 radical (unpaired) electrons. The highest BCUT2D eigenvalue weighted by molar-refractivity contribution is 5.77. The van der Waals surface area contributed by atoms with Gasteiger partial charge in [0.05, 0.1) is 18.3 Å². The van der Waals surface area contributed by atoms with Crippen molar-refractivity contribution in [2.45, 2.75) is 18.9 Å². The van der Waals surface area contributed by atoms with Crippen LogP contribution in [0.1, 0.15) is 12.0 Å². The smallest absolute Gasteiger partial charge is 0.224 e. The van der Waals surface area contributed by atoms with Gasteiger partial charge in [0.15, 0.2) is 0 Å². The van der Waals surface area contributed by atoms with Crippen LogP contribution in [0, 0.1) is 0 Å². The van der Waals surface area contributed by atoms with Crippen LogP contribution in [0.25, 0.3) is 0 Å². The Bertz CT molecular complexity index is 512. The van der Waals surface area contributed by atoms with Crippen LogP contribution in [0.15, 0.2) is 36.2 Å². The van der Waals surface area contributed by atoms with Crippen molar-refractivity contribution < 1.29 is 9.90 Å². The molecule has 0 bridgehead atoms. The second kappa shape index (κ2) is 5.83. The van der Waals surface area contributed by atoms with Gasteiger partial charge in [0.1, 0.15) is 5.75 Å². The third-order valence-electron chi connectivity index (χ3n) is 3.56. The van der Waals surface area contributed by atoms with Crippen molar-refractivity contribution in [2.75, 3.05) is 13.6 Å². The van der Waals surface area contributed by atoms with Gasteiger partial charge in [-0.1, -0.05) is 12.1 Å². The van der Waals surface area contributed by atoms with E-state index in [1.165, 1.54) is 6.20 Å². The molecule has 1 aliphatic heterocycles. The molecular weight excluding hydrogens is 256 g/mol. The molecule has 108 valence electrons. The number of carbonyl (C=O) groups is 1. The number of nitrogens with two attached hydrogens (primary N) is 2. The maximum atomic E-state index is 12.0. The average Bonchev–Trinajstić information content (AvgIpc) is 2.53. The Kier molecular flexibility index (Phi) is 4.14. The number of hydrogen-bond acceptors (Lipinski definition) is 5. The molecule has 1 amide bonds. The van der Waals surface area contributed by atoms with Crippen molar-refractivity contribution in [3.05, 3.63) is 41.7 Å². The van der Waals surface area contributed by atoms with E-state index in [1.807, 2.05) is 12.1 Å². The van der Waals surface area contributed by atoms with E-state index in [1.54, 1.807) is 29.1 Å². The van der Waals surface area contributed by atoms with Gasteiger partial charge in [-0.15, -0.1) is 0 Å². The van der Waals surface area contributed by atoms with E-state index in [-0.39, 0.29) is 17.7 Å². The van der Waals surface area contributed by atoms with Gasteiger partial charge < -0.3 is 20.7 Å². The van der Waals surface area contributed by atoms with Gasteiger partial charge in [-0.2, -0.15) is 0 Å². The fourth-order valence-corrected chi connectivity index (χ4v) is 2.32. The molecule has 0 spiro atoms. The summed E-state index contributed by atoms with van der Waals surface area (Å²) < 4.78 is 0. The van der Waals surface area contributed by atoms with Gasteiger partial charge in [-0.25, -0.2) is 5.84 Å². The molecule has 1 aliphatic rings. The Morgan fingerprint density at radius 3 is 2.65 bits per heavy atom. The van der Waals surface area contributed by atoms with Gasteiger partial charge in [-0.3, -0.25) is 4.79 Å². The Labute approximate surface area is 118 Å². The first kappa shape index (κ1) is 14.2. The van der Waals surface area contributed by atoms with Crippen molar-refractivity contribution in [3.63, 3.8) is 0 Å². The molecule has 1 aromatic rings. The zero-order valence-corrected chi connectivity index (χ0v) is 11.5. The molecule has 1 saturated heterocycles. The maximum Gasteiger partial charge on any atom is 0.224 e. The molecule has 6 nitrogen and oxygen atoms in total. The molecule has 1 aromatic carbocycles. The summed E-state index contributed by atoms with van der Waals surface area (Å²) in [5.74, 6) is 6.36. The van der Waals surface area contributed by atoms with E-state index in [0.717, 1.165) is 11.3 Å². The third kappa shape index (κ3) is 3.03. The van der Waals surface area contributed by atoms with E-state index in [0.29, 0.717) is 19.4 Å². The maximum absolute atomic E-state index is 12.0. The quantitative estimate of drug-likeness (QED) is 0.668. The molecular formula is C14H20N4O2. The van der Waals surface area contributed by atoms with Crippen LogP contribution in [0.3, 0.4) is 0 Å². The highest BCUT2D eigenvalue weighted by Gasteiger charge is 2.28. The molecule has 0 saturated carbocycles. The summed E-state index contributed by atoms with van der Waals surface area (Å²) in [6.07, 6.45) is 2.40. The lowest BCUT2D eigenvalue weighted by Gasteiger charge is -2.27. The van der Waals surface area contributed by atoms with E-state index in [4.69, 9.17) is 11.6 Å². The molecule has 0 unspecified atom stereocenters. The number of hydrazine groups is 1. The summed E-state index contributed by atoms with van der Waals surface area (Å²) in [5.41, 5.74) is 7.33. The van der Waals surface area contributed by atoms with Gasteiger partial charge in [-0.05, 0) is 24.1 Å². The van der Waals surface area contributed by atoms with Gasteiger partial charge in [0, 0.05) is 19.7 Å². The van der Waals surface area contributed by atoms with E-state index in [9.17, 15) is 9.90 Å². The lowest BCUT2D eigenvalue weighted by Crippen LogP contribution is -2.42. The summed E-state index contributed by atoms with van der Waals surface area (Å²) in [4.78, 5) is 13.6. The lowest BCUT2D eigenvalue weighted by molar-refractivity contribution is -0.129. The van der Waals surface area contributed by atoms with Crippen LogP contribution < -0.4 is 11.6 Å². The first-order valence-corrected chi connectivity index (χ1v) is 6.48. The molecule has 5 N–H and O–H groups in total. The first-order chi connectivity index (χ1) is 9.51. The number of carbonyl (C=O) groups excluding carboxylic acids is 1.